The second-order valence-electron chi connectivity index (χ2n) is 5.06. The van der Waals surface area contributed by atoms with Gasteiger partial charge in [0.1, 0.15) is 17.2 Å². The zero-order valence-electron chi connectivity index (χ0n) is 11.7. The highest BCUT2D eigenvalue weighted by Crippen LogP contribution is 2.23. The predicted octanol–water partition coefficient (Wildman–Crippen LogP) is 2.43. The Hall–Kier alpha value is -1.43. The number of hydrogen-bond donors (Lipinski definition) is 1. The summed E-state index contributed by atoms with van der Waals surface area (Å²) < 4.78 is 11.2. The van der Waals surface area contributed by atoms with E-state index in [0.29, 0.717) is 17.8 Å². The van der Waals surface area contributed by atoms with Crippen molar-refractivity contribution in [1.82, 2.24) is 15.3 Å². The van der Waals surface area contributed by atoms with Crippen LogP contribution < -0.4 is 10.1 Å². The fourth-order valence-electron chi connectivity index (χ4n) is 2.42. The van der Waals surface area contributed by atoms with E-state index >= 15 is 0 Å². The minimum Gasteiger partial charge on any atom is -0.494 e. The number of hydrogen-bond acceptors (Lipinski definition) is 5. The molecule has 0 spiro atoms. The molecule has 2 aromatic rings. The van der Waals surface area contributed by atoms with Gasteiger partial charge < -0.3 is 14.8 Å². The first-order chi connectivity index (χ1) is 10.3. The van der Waals surface area contributed by atoms with Crippen molar-refractivity contribution in [2.75, 3.05) is 26.4 Å². The lowest BCUT2D eigenvalue weighted by atomic mass is 10.1. The molecule has 1 fully saturated rings. The second-order valence-corrected chi connectivity index (χ2v) is 5.42. The van der Waals surface area contributed by atoms with Gasteiger partial charge in [0, 0.05) is 24.0 Å². The summed E-state index contributed by atoms with van der Waals surface area (Å²) in [7, 11) is 0. The van der Waals surface area contributed by atoms with Gasteiger partial charge in [-0.15, -0.1) is 0 Å². The molecule has 1 unspecified atom stereocenters. The maximum Gasteiger partial charge on any atom is 0.140 e. The van der Waals surface area contributed by atoms with Crippen LogP contribution in [0.3, 0.4) is 0 Å². The van der Waals surface area contributed by atoms with Gasteiger partial charge in [0.2, 0.25) is 0 Å². The Labute approximate surface area is 128 Å². The van der Waals surface area contributed by atoms with E-state index in [-0.39, 0.29) is 0 Å². The van der Waals surface area contributed by atoms with Crippen LogP contribution in [0, 0.1) is 0 Å². The fourth-order valence-corrected chi connectivity index (χ4v) is 2.62. The molecule has 0 radical (unpaired) electrons. The number of morpholine rings is 1. The topological polar surface area (TPSA) is 56.3 Å². The molecule has 0 bridgehead atoms. The van der Waals surface area contributed by atoms with Gasteiger partial charge in [-0.3, -0.25) is 0 Å². The summed E-state index contributed by atoms with van der Waals surface area (Å²) in [5.41, 5.74) is 0.801. The lowest BCUT2D eigenvalue weighted by Crippen LogP contribution is -2.41. The van der Waals surface area contributed by atoms with Gasteiger partial charge in [0.05, 0.1) is 25.3 Å². The van der Waals surface area contributed by atoms with Crippen molar-refractivity contribution in [3.8, 4) is 5.75 Å². The minimum absolute atomic E-state index is 0.450. The molecule has 1 aromatic heterocycles. The minimum atomic E-state index is 0.450. The van der Waals surface area contributed by atoms with Gasteiger partial charge in [0.25, 0.3) is 0 Å². The van der Waals surface area contributed by atoms with Crippen molar-refractivity contribution in [3.63, 3.8) is 0 Å². The number of rotatable bonds is 5. The summed E-state index contributed by atoms with van der Waals surface area (Å²) in [6.07, 6.45) is 3.51. The van der Waals surface area contributed by atoms with Crippen LogP contribution in [0.25, 0.3) is 10.9 Å². The Morgan fingerprint density at radius 1 is 1.38 bits per heavy atom. The molecule has 2 heterocycles. The lowest BCUT2D eigenvalue weighted by Gasteiger charge is -2.23. The van der Waals surface area contributed by atoms with Crippen LogP contribution in [-0.4, -0.2) is 42.4 Å². The number of halogens is 1. The first-order valence-corrected chi connectivity index (χ1v) is 7.55. The molecule has 3 rings (SSSR count). The second kappa shape index (κ2) is 7.02. The van der Waals surface area contributed by atoms with Crippen molar-refractivity contribution in [3.05, 3.63) is 29.7 Å². The van der Waals surface area contributed by atoms with Gasteiger partial charge in [-0.25, -0.2) is 9.97 Å². The van der Waals surface area contributed by atoms with Crippen molar-refractivity contribution >= 4 is 22.5 Å². The smallest absolute Gasteiger partial charge is 0.140 e. The van der Waals surface area contributed by atoms with Crippen LogP contribution in [0.4, 0.5) is 0 Å². The lowest BCUT2D eigenvalue weighted by molar-refractivity contribution is 0.0722. The van der Waals surface area contributed by atoms with E-state index in [1.54, 1.807) is 0 Å². The van der Waals surface area contributed by atoms with Crippen LogP contribution in [0.1, 0.15) is 12.8 Å². The molecule has 21 heavy (non-hydrogen) atoms. The Morgan fingerprint density at radius 2 is 2.33 bits per heavy atom. The predicted molar refractivity (Wildman–Crippen MR) is 81.9 cm³/mol. The third kappa shape index (κ3) is 3.81. The fraction of sp³-hybridized carbons (Fsp3) is 0.467. The molecule has 6 heteroatoms. The van der Waals surface area contributed by atoms with E-state index in [1.807, 2.05) is 18.2 Å². The summed E-state index contributed by atoms with van der Waals surface area (Å²) in [4.78, 5) is 8.16. The normalized spacial score (nSPS) is 18.8. The standard InChI is InChI=1S/C15H18ClN3O2/c16-15-13-4-3-12(8-14(13)18-10-19-15)21-6-1-2-11-9-20-7-5-17-11/h3-4,8,10-11,17H,1-2,5-7,9H2. The molecule has 1 saturated heterocycles. The van der Waals surface area contributed by atoms with Crippen LogP contribution in [0.5, 0.6) is 5.75 Å². The van der Waals surface area contributed by atoms with Gasteiger partial charge in [-0.05, 0) is 25.0 Å². The highest BCUT2D eigenvalue weighted by Gasteiger charge is 2.12. The van der Waals surface area contributed by atoms with Crippen molar-refractivity contribution in [1.29, 1.82) is 0 Å². The zero-order valence-corrected chi connectivity index (χ0v) is 12.5. The molecule has 0 saturated carbocycles. The maximum absolute atomic E-state index is 6.01. The summed E-state index contributed by atoms with van der Waals surface area (Å²) in [6.45, 7) is 3.24. The molecule has 1 aromatic carbocycles. The van der Waals surface area contributed by atoms with Crippen LogP contribution in [0.2, 0.25) is 5.15 Å². The summed E-state index contributed by atoms with van der Waals surface area (Å²) in [6, 6.07) is 6.14. The Balaban J connectivity index is 1.51. The Bertz CT molecular complexity index is 602. The number of benzene rings is 1. The van der Waals surface area contributed by atoms with E-state index in [9.17, 15) is 0 Å². The van der Waals surface area contributed by atoms with E-state index in [1.165, 1.54) is 6.33 Å². The molecule has 1 aliphatic heterocycles. The summed E-state index contributed by atoms with van der Waals surface area (Å²) in [5, 5.41) is 4.75. The molecule has 1 N–H and O–H groups in total. The highest BCUT2D eigenvalue weighted by molar-refractivity contribution is 6.34. The largest absolute Gasteiger partial charge is 0.494 e. The number of nitrogens with one attached hydrogen (secondary N) is 1. The van der Waals surface area contributed by atoms with Gasteiger partial charge >= 0.3 is 0 Å². The van der Waals surface area contributed by atoms with E-state index in [2.05, 4.69) is 15.3 Å². The van der Waals surface area contributed by atoms with Crippen LogP contribution in [0.15, 0.2) is 24.5 Å². The third-order valence-electron chi connectivity index (χ3n) is 3.52. The Morgan fingerprint density at radius 3 is 3.19 bits per heavy atom. The van der Waals surface area contributed by atoms with E-state index < -0.39 is 0 Å². The Kier molecular flexibility index (Phi) is 4.85. The van der Waals surface area contributed by atoms with E-state index in [4.69, 9.17) is 21.1 Å². The van der Waals surface area contributed by atoms with Crippen LogP contribution >= 0.6 is 11.6 Å². The average Bonchev–Trinajstić information content (AvgIpc) is 2.53. The zero-order chi connectivity index (χ0) is 14.5. The number of nitrogens with zero attached hydrogens (tertiary/aromatic N) is 2. The maximum atomic E-state index is 6.01. The van der Waals surface area contributed by atoms with Crippen molar-refractivity contribution in [2.24, 2.45) is 0 Å². The van der Waals surface area contributed by atoms with Gasteiger partial charge in [-0.1, -0.05) is 11.6 Å². The van der Waals surface area contributed by atoms with Crippen molar-refractivity contribution < 1.29 is 9.47 Å². The molecule has 0 amide bonds. The monoisotopic (exact) mass is 307 g/mol. The molecular weight excluding hydrogens is 290 g/mol. The molecule has 0 aliphatic carbocycles. The molecule has 1 atom stereocenters. The molecule has 112 valence electrons. The molecular formula is C15H18ClN3O2. The number of aromatic nitrogens is 2. The SMILES string of the molecule is Clc1ncnc2cc(OCCCC3COCCN3)ccc12. The highest BCUT2D eigenvalue weighted by atomic mass is 35.5. The average molecular weight is 308 g/mol. The molecule has 1 aliphatic rings. The number of fused-ring (bicyclic) bond motifs is 1. The van der Waals surface area contributed by atoms with Crippen molar-refractivity contribution in [2.45, 2.75) is 18.9 Å². The first-order valence-electron chi connectivity index (χ1n) is 7.17. The summed E-state index contributed by atoms with van der Waals surface area (Å²) in [5.74, 6) is 0.810. The quantitative estimate of drug-likeness (QED) is 0.679. The van der Waals surface area contributed by atoms with Gasteiger partial charge in [-0.2, -0.15) is 0 Å². The van der Waals surface area contributed by atoms with Gasteiger partial charge in [0.15, 0.2) is 0 Å². The number of ether oxygens (including phenoxy) is 2. The van der Waals surface area contributed by atoms with Crippen LogP contribution in [-0.2, 0) is 4.74 Å². The molecule has 5 nitrogen and oxygen atoms in total. The third-order valence-corrected chi connectivity index (χ3v) is 3.82. The van der Waals surface area contributed by atoms with E-state index in [0.717, 1.165) is 49.3 Å². The summed E-state index contributed by atoms with van der Waals surface area (Å²) >= 11 is 6.01. The first kappa shape index (κ1) is 14.5.